The fraction of sp³-hybridized carbons (Fsp3) is 0.438. The number of hydrogen-bond acceptors (Lipinski definition) is 4. The quantitative estimate of drug-likeness (QED) is 0.833. The Morgan fingerprint density at radius 1 is 1.19 bits per heavy atom. The van der Waals surface area contributed by atoms with Crippen LogP contribution in [0, 0.1) is 36.5 Å². The van der Waals surface area contributed by atoms with Crippen molar-refractivity contribution in [1.29, 1.82) is 10.5 Å². The van der Waals surface area contributed by atoms with Gasteiger partial charge in [0.05, 0.1) is 18.7 Å². The molecule has 0 atom stereocenters. The first-order chi connectivity index (χ1) is 10.1. The van der Waals surface area contributed by atoms with E-state index in [9.17, 15) is 4.79 Å². The van der Waals surface area contributed by atoms with Crippen LogP contribution in [0.4, 0.5) is 5.69 Å². The molecule has 110 valence electrons. The van der Waals surface area contributed by atoms with E-state index in [0.717, 1.165) is 16.8 Å². The van der Waals surface area contributed by atoms with Crippen LogP contribution in [0.15, 0.2) is 18.2 Å². The number of nitriles is 2. The van der Waals surface area contributed by atoms with Crippen LogP contribution in [0.2, 0.25) is 0 Å². The molecule has 1 rings (SSSR count). The van der Waals surface area contributed by atoms with Crippen LogP contribution in [0.1, 0.15) is 24.0 Å². The van der Waals surface area contributed by atoms with Crippen molar-refractivity contribution in [1.82, 2.24) is 4.90 Å². The molecule has 0 radical (unpaired) electrons. The van der Waals surface area contributed by atoms with Crippen molar-refractivity contribution >= 4 is 11.6 Å². The highest BCUT2D eigenvalue weighted by molar-refractivity contribution is 5.93. The number of anilines is 1. The Bertz CT molecular complexity index is 551. The molecule has 0 heterocycles. The molecule has 1 amide bonds. The molecule has 0 saturated heterocycles. The Kier molecular flexibility index (Phi) is 6.94. The lowest BCUT2D eigenvalue weighted by atomic mass is 10.1. The molecule has 0 aromatic heterocycles. The molecule has 0 spiro atoms. The largest absolute Gasteiger partial charge is 0.325 e. The van der Waals surface area contributed by atoms with Crippen LogP contribution in [-0.4, -0.2) is 30.4 Å². The number of hydrogen-bond donors (Lipinski definition) is 1. The van der Waals surface area contributed by atoms with Gasteiger partial charge in [-0.15, -0.1) is 0 Å². The Labute approximate surface area is 125 Å². The minimum absolute atomic E-state index is 0.127. The molecule has 1 aromatic carbocycles. The maximum atomic E-state index is 12.1. The highest BCUT2D eigenvalue weighted by Gasteiger charge is 2.11. The van der Waals surface area contributed by atoms with E-state index in [-0.39, 0.29) is 12.5 Å². The summed E-state index contributed by atoms with van der Waals surface area (Å²) >= 11 is 0. The third-order valence-electron chi connectivity index (χ3n) is 3.10. The molecule has 0 bridgehead atoms. The number of carbonyl (C=O) groups excluding carboxylic acids is 1. The monoisotopic (exact) mass is 284 g/mol. The highest BCUT2D eigenvalue weighted by Crippen LogP contribution is 2.15. The SMILES string of the molecule is Cc1ccc(NC(=O)CN(CCC#N)CCC#N)c(C)c1. The zero-order valence-corrected chi connectivity index (χ0v) is 12.5. The van der Waals surface area contributed by atoms with Crippen LogP contribution < -0.4 is 5.32 Å². The summed E-state index contributed by atoms with van der Waals surface area (Å²) in [6.07, 6.45) is 0.699. The lowest BCUT2D eigenvalue weighted by Gasteiger charge is -2.19. The van der Waals surface area contributed by atoms with Crippen molar-refractivity contribution in [2.24, 2.45) is 0 Å². The average Bonchev–Trinajstić information content (AvgIpc) is 2.45. The maximum absolute atomic E-state index is 12.1. The molecular formula is C16H20N4O. The molecule has 0 aliphatic heterocycles. The van der Waals surface area contributed by atoms with Gasteiger partial charge in [-0.1, -0.05) is 17.7 Å². The van der Waals surface area contributed by atoms with Gasteiger partial charge >= 0.3 is 0 Å². The first kappa shape index (κ1) is 16.7. The van der Waals surface area contributed by atoms with Crippen LogP contribution in [0.25, 0.3) is 0 Å². The number of nitrogens with one attached hydrogen (secondary N) is 1. The van der Waals surface area contributed by atoms with E-state index in [1.165, 1.54) is 0 Å². The van der Waals surface area contributed by atoms with Crippen LogP contribution in [0.3, 0.4) is 0 Å². The smallest absolute Gasteiger partial charge is 0.238 e. The van der Waals surface area contributed by atoms with Gasteiger partial charge < -0.3 is 5.32 Å². The average molecular weight is 284 g/mol. The van der Waals surface area contributed by atoms with Gasteiger partial charge in [-0.2, -0.15) is 10.5 Å². The van der Waals surface area contributed by atoms with Gasteiger partial charge in [-0.25, -0.2) is 0 Å². The van der Waals surface area contributed by atoms with Gasteiger partial charge in [-0.05, 0) is 25.5 Å². The van der Waals surface area contributed by atoms with Crippen molar-refractivity contribution < 1.29 is 4.79 Å². The molecule has 0 fully saturated rings. The van der Waals surface area contributed by atoms with Crippen molar-refractivity contribution in [2.45, 2.75) is 26.7 Å². The Morgan fingerprint density at radius 2 is 1.81 bits per heavy atom. The van der Waals surface area contributed by atoms with E-state index in [1.807, 2.05) is 36.9 Å². The molecule has 1 aromatic rings. The molecular weight excluding hydrogens is 264 g/mol. The number of nitrogens with zero attached hydrogens (tertiary/aromatic N) is 3. The summed E-state index contributed by atoms with van der Waals surface area (Å²) in [5.74, 6) is -0.127. The van der Waals surface area contributed by atoms with Crippen molar-refractivity contribution in [2.75, 3.05) is 25.0 Å². The van der Waals surface area contributed by atoms with Gasteiger partial charge in [-0.3, -0.25) is 9.69 Å². The van der Waals surface area contributed by atoms with Gasteiger partial charge in [0.1, 0.15) is 0 Å². The fourth-order valence-corrected chi connectivity index (χ4v) is 2.03. The predicted octanol–water partition coefficient (Wildman–Crippen LogP) is 2.37. The lowest BCUT2D eigenvalue weighted by molar-refractivity contribution is -0.117. The summed E-state index contributed by atoms with van der Waals surface area (Å²) in [7, 11) is 0. The number of rotatable bonds is 7. The Morgan fingerprint density at radius 3 is 2.33 bits per heavy atom. The first-order valence-electron chi connectivity index (χ1n) is 6.90. The number of amides is 1. The van der Waals surface area contributed by atoms with Crippen molar-refractivity contribution in [3.05, 3.63) is 29.3 Å². The molecule has 21 heavy (non-hydrogen) atoms. The van der Waals surface area contributed by atoms with Gasteiger partial charge in [0.15, 0.2) is 0 Å². The summed E-state index contributed by atoms with van der Waals surface area (Å²) in [4.78, 5) is 13.9. The van der Waals surface area contributed by atoms with E-state index in [1.54, 1.807) is 0 Å². The zero-order valence-electron chi connectivity index (χ0n) is 12.5. The van der Waals surface area contributed by atoms with Crippen LogP contribution in [0.5, 0.6) is 0 Å². The van der Waals surface area contributed by atoms with Crippen LogP contribution >= 0.6 is 0 Å². The van der Waals surface area contributed by atoms with Gasteiger partial charge in [0.25, 0.3) is 0 Å². The summed E-state index contributed by atoms with van der Waals surface area (Å²) in [6.45, 7) is 5.14. The summed E-state index contributed by atoms with van der Waals surface area (Å²) in [5, 5.41) is 20.1. The highest BCUT2D eigenvalue weighted by atomic mass is 16.2. The first-order valence-corrected chi connectivity index (χ1v) is 6.90. The van der Waals surface area contributed by atoms with E-state index in [4.69, 9.17) is 10.5 Å². The predicted molar refractivity (Wildman–Crippen MR) is 81.4 cm³/mol. The minimum Gasteiger partial charge on any atom is -0.325 e. The second kappa shape index (κ2) is 8.73. The van der Waals surface area contributed by atoms with Gasteiger partial charge in [0.2, 0.25) is 5.91 Å². The lowest BCUT2D eigenvalue weighted by Crippen LogP contribution is -2.34. The molecule has 0 aliphatic rings. The summed E-state index contributed by atoms with van der Waals surface area (Å²) in [6, 6.07) is 9.96. The fourth-order valence-electron chi connectivity index (χ4n) is 2.03. The number of carbonyl (C=O) groups is 1. The second-order valence-electron chi connectivity index (χ2n) is 4.96. The number of benzene rings is 1. The van der Waals surface area contributed by atoms with Crippen molar-refractivity contribution in [3.8, 4) is 12.1 Å². The van der Waals surface area contributed by atoms with E-state index in [0.29, 0.717) is 25.9 Å². The third kappa shape index (κ3) is 6.07. The molecule has 5 heteroatoms. The summed E-state index contributed by atoms with van der Waals surface area (Å²) < 4.78 is 0. The number of aryl methyl sites for hydroxylation is 2. The minimum atomic E-state index is -0.127. The standard InChI is InChI=1S/C16H20N4O/c1-13-5-6-15(14(2)11-13)19-16(21)12-20(9-3-7-17)10-4-8-18/h5-6,11H,3-4,9-10,12H2,1-2H3,(H,19,21). The Balaban J connectivity index is 2.60. The molecule has 0 unspecified atom stereocenters. The molecule has 5 nitrogen and oxygen atoms in total. The van der Waals surface area contributed by atoms with E-state index < -0.39 is 0 Å². The molecule has 1 N–H and O–H groups in total. The maximum Gasteiger partial charge on any atom is 0.238 e. The van der Waals surface area contributed by atoms with Crippen molar-refractivity contribution in [3.63, 3.8) is 0 Å². The van der Waals surface area contributed by atoms with E-state index >= 15 is 0 Å². The molecule has 0 saturated carbocycles. The van der Waals surface area contributed by atoms with Crippen LogP contribution in [-0.2, 0) is 4.79 Å². The normalized spacial score (nSPS) is 9.95. The summed E-state index contributed by atoms with van der Waals surface area (Å²) in [5.41, 5.74) is 2.96. The molecule has 0 aliphatic carbocycles. The third-order valence-corrected chi connectivity index (χ3v) is 3.10. The second-order valence-corrected chi connectivity index (χ2v) is 4.96. The zero-order chi connectivity index (χ0) is 15.7. The van der Waals surface area contributed by atoms with E-state index in [2.05, 4.69) is 17.5 Å². The van der Waals surface area contributed by atoms with Gasteiger partial charge in [0, 0.05) is 31.6 Å². The Hall–Kier alpha value is -2.37. The topological polar surface area (TPSA) is 79.9 Å².